The maximum Gasteiger partial charge on any atom is 0.284 e. The minimum absolute atomic E-state index is 0.0201. The van der Waals surface area contributed by atoms with Crippen LogP contribution in [0.15, 0.2) is 59.6 Å². The Labute approximate surface area is 358 Å². The first-order valence-corrected chi connectivity index (χ1v) is 20.6. The van der Waals surface area contributed by atoms with Gasteiger partial charge in [0, 0.05) is 30.4 Å². The number of benzene rings is 1. The number of rotatable bonds is 22. The molecule has 1 aromatic carbocycles. The second-order valence-electron chi connectivity index (χ2n) is 15.3. The van der Waals surface area contributed by atoms with Crippen molar-refractivity contribution < 1.29 is 51.4 Å². The summed E-state index contributed by atoms with van der Waals surface area (Å²) in [6.45, 7) is 1.87. The van der Waals surface area contributed by atoms with E-state index in [0.717, 1.165) is 29.4 Å². The molecule has 19 nitrogen and oxygen atoms in total. The zero-order valence-corrected chi connectivity index (χ0v) is 34.0. The van der Waals surface area contributed by atoms with Crippen LogP contribution < -0.4 is 15.4 Å². The highest BCUT2D eigenvalue weighted by Crippen LogP contribution is 2.35. The van der Waals surface area contributed by atoms with Gasteiger partial charge in [0.05, 0.1) is 87.0 Å². The molecule has 3 amide bonds. The van der Waals surface area contributed by atoms with Gasteiger partial charge in [-0.25, -0.2) is 18.4 Å². The number of nitrogens with zero attached hydrogens (tertiary/aromatic N) is 8. The minimum Gasteiger partial charge on any atom is -0.486 e. The van der Waals surface area contributed by atoms with E-state index >= 15 is 0 Å². The van der Waals surface area contributed by atoms with Gasteiger partial charge in [-0.15, -0.1) is 5.10 Å². The van der Waals surface area contributed by atoms with Crippen LogP contribution >= 0.6 is 0 Å². The van der Waals surface area contributed by atoms with E-state index in [2.05, 4.69) is 36.0 Å². The van der Waals surface area contributed by atoms with Crippen LogP contribution in [0.5, 0.6) is 5.75 Å². The molecule has 1 aliphatic heterocycles. The summed E-state index contributed by atoms with van der Waals surface area (Å²) in [4.78, 5) is 73.4. The number of imide groups is 1. The van der Waals surface area contributed by atoms with Crippen molar-refractivity contribution in [3.63, 3.8) is 0 Å². The van der Waals surface area contributed by atoms with E-state index in [1.165, 1.54) is 42.2 Å². The van der Waals surface area contributed by atoms with Crippen molar-refractivity contribution in [3.8, 4) is 17.2 Å². The number of alkyl halides is 2. The Hall–Kier alpha value is -6.58. The molecule has 21 heteroatoms. The Morgan fingerprint density at radius 3 is 2.67 bits per heavy atom. The summed E-state index contributed by atoms with van der Waals surface area (Å²) in [5.74, 6) is -1.45. The molecule has 2 N–H and O–H groups in total. The number of halogens is 2. The van der Waals surface area contributed by atoms with E-state index in [1.54, 1.807) is 29.1 Å². The van der Waals surface area contributed by atoms with Gasteiger partial charge in [0.1, 0.15) is 24.4 Å². The quantitative estimate of drug-likeness (QED) is 0.0564. The third-order valence-electron chi connectivity index (χ3n) is 10.8. The monoisotopic (exact) mass is 870 g/mol. The van der Waals surface area contributed by atoms with Crippen LogP contribution in [-0.2, 0) is 45.3 Å². The molecule has 1 atom stereocenters. The summed E-state index contributed by atoms with van der Waals surface area (Å²) in [6.07, 6.45) is 7.07. The van der Waals surface area contributed by atoms with Crippen molar-refractivity contribution in [1.29, 1.82) is 0 Å². The van der Waals surface area contributed by atoms with Crippen LogP contribution in [0.25, 0.3) is 11.5 Å². The van der Waals surface area contributed by atoms with E-state index < -0.39 is 41.7 Å². The lowest BCUT2D eigenvalue weighted by molar-refractivity contribution is -0.132. The lowest BCUT2D eigenvalue weighted by Crippen LogP contribution is -2.47. The third-order valence-corrected chi connectivity index (χ3v) is 10.8. The SMILES string of the molecule is O=C1CCC(N2C(=O)c3cccc(OCc4cnnn4CCOCCOCCNCn4cc(NC(=O)c5coc(-c6ccnc(CCC7CC7)c6)n5)c(C(F)F)n4)c3C2=O)C(=O)C1. The van der Waals surface area contributed by atoms with Crippen molar-refractivity contribution in [3.05, 3.63) is 89.1 Å². The molecule has 5 heterocycles. The highest BCUT2D eigenvalue weighted by Gasteiger charge is 2.45. The molecule has 2 aliphatic carbocycles. The molecule has 63 heavy (non-hydrogen) atoms. The number of anilines is 1. The zero-order chi connectivity index (χ0) is 43.9. The maximum absolute atomic E-state index is 13.9. The number of hydrogen-bond acceptors (Lipinski definition) is 15. The van der Waals surface area contributed by atoms with Gasteiger partial charge >= 0.3 is 0 Å². The maximum atomic E-state index is 13.9. The van der Waals surface area contributed by atoms with Gasteiger partial charge in [-0.2, -0.15) is 5.10 Å². The molecule has 2 fully saturated rings. The Morgan fingerprint density at radius 1 is 1.02 bits per heavy atom. The van der Waals surface area contributed by atoms with Crippen LogP contribution in [0.4, 0.5) is 14.5 Å². The second kappa shape index (κ2) is 19.6. The smallest absolute Gasteiger partial charge is 0.284 e. The van der Waals surface area contributed by atoms with Crippen molar-refractivity contribution in [2.45, 2.75) is 77.2 Å². The number of fused-ring (bicyclic) bond motifs is 1. The molecule has 1 unspecified atom stereocenters. The summed E-state index contributed by atoms with van der Waals surface area (Å²) in [5, 5.41) is 17.5. The molecule has 0 spiro atoms. The molecular weight excluding hydrogens is 827 g/mol. The van der Waals surface area contributed by atoms with E-state index in [9.17, 15) is 32.8 Å². The van der Waals surface area contributed by atoms with Crippen molar-refractivity contribution in [2.24, 2.45) is 5.92 Å². The number of Topliss-reactive ketones (excluding diaryl/α,β-unsaturated/α-hetero) is 2. The van der Waals surface area contributed by atoms with Crippen molar-refractivity contribution in [1.82, 2.24) is 45.0 Å². The number of hydrogen-bond donors (Lipinski definition) is 2. The summed E-state index contributed by atoms with van der Waals surface area (Å²) < 4.78 is 53.3. The van der Waals surface area contributed by atoms with Crippen LogP contribution in [0.2, 0.25) is 0 Å². The first-order chi connectivity index (χ1) is 30.6. The molecule has 0 radical (unpaired) electrons. The van der Waals surface area contributed by atoms with Crippen LogP contribution in [0.1, 0.15) is 93.2 Å². The van der Waals surface area contributed by atoms with Crippen LogP contribution in [0.3, 0.4) is 0 Å². The van der Waals surface area contributed by atoms with E-state index in [4.69, 9.17) is 18.6 Å². The number of oxazole rings is 1. The topological polar surface area (TPSA) is 228 Å². The molecule has 5 aromatic rings. The van der Waals surface area contributed by atoms with E-state index in [1.807, 2.05) is 6.07 Å². The molecular formula is C42H44F2N10O9. The van der Waals surface area contributed by atoms with Gasteiger partial charge < -0.3 is 23.9 Å². The fourth-order valence-electron chi connectivity index (χ4n) is 7.33. The molecule has 3 aliphatic rings. The van der Waals surface area contributed by atoms with Crippen LogP contribution in [0, 0.1) is 5.92 Å². The number of nitrogens with one attached hydrogen (secondary N) is 2. The highest BCUT2D eigenvalue weighted by molar-refractivity contribution is 6.24. The fraction of sp³-hybridized carbons (Fsp3) is 0.429. The lowest BCUT2D eigenvalue weighted by atomic mass is 9.92. The lowest BCUT2D eigenvalue weighted by Gasteiger charge is -2.27. The second-order valence-corrected chi connectivity index (χ2v) is 15.3. The van der Waals surface area contributed by atoms with Crippen molar-refractivity contribution >= 4 is 35.0 Å². The summed E-state index contributed by atoms with van der Waals surface area (Å²) >= 11 is 0. The molecule has 4 aromatic heterocycles. The average molecular weight is 871 g/mol. The largest absolute Gasteiger partial charge is 0.486 e. The number of aromatic nitrogens is 7. The van der Waals surface area contributed by atoms with Gasteiger partial charge in [0.25, 0.3) is 24.1 Å². The molecule has 0 bridgehead atoms. The highest BCUT2D eigenvalue weighted by atomic mass is 19.3. The molecule has 8 rings (SSSR count). The summed E-state index contributed by atoms with van der Waals surface area (Å²) in [5.41, 5.74) is 1.55. The first-order valence-electron chi connectivity index (χ1n) is 20.6. The number of aryl methyl sites for hydroxylation is 1. The van der Waals surface area contributed by atoms with Gasteiger partial charge in [0.15, 0.2) is 17.2 Å². The normalized spacial score (nSPS) is 16.4. The van der Waals surface area contributed by atoms with E-state index in [-0.39, 0.29) is 92.3 Å². The summed E-state index contributed by atoms with van der Waals surface area (Å²) in [6, 6.07) is 7.28. The number of pyridine rings is 1. The molecule has 0 saturated heterocycles. The number of amides is 3. The fourth-order valence-corrected chi connectivity index (χ4v) is 7.33. The van der Waals surface area contributed by atoms with Gasteiger partial charge in [-0.1, -0.05) is 24.1 Å². The molecule has 330 valence electrons. The Morgan fingerprint density at radius 2 is 1.86 bits per heavy atom. The predicted molar refractivity (Wildman–Crippen MR) is 215 cm³/mol. The number of ketones is 2. The zero-order valence-electron chi connectivity index (χ0n) is 34.0. The molecule has 2 saturated carbocycles. The first kappa shape index (κ1) is 43.1. The minimum atomic E-state index is -2.94. The standard InChI is InChI=1S/C42H44F2N10O9/c43-38(44)37-31(48-39(57)32-23-63-40(49-32)26-10-11-46-27(18-26)7-6-25-4-5-25)21-52(50-37)24-45-12-14-60-16-17-61-15-13-53-28(20-47-51-53)22-62-35-3-1-2-30-36(35)42(59)54(41(30)58)33-9-8-29(55)19-34(33)56/h1-3,10-11,18,20-21,23,25,33,38,45H,4-9,12-17,19,22,24H2,(H,48,57). The Kier molecular flexibility index (Phi) is 13.4. The van der Waals surface area contributed by atoms with Gasteiger partial charge in [0.2, 0.25) is 5.89 Å². The van der Waals surface area contributed by atoms with Crippen LogP contribution in [-0.4, -0.2) is 108 Å². The summed E-state index contributed by atoms with van der Waals surface area (Å²) in [7, 11) is 0. The Balaban J connectivity index is 0.723. The number of ether oxygens (including phenoxy) is 3. The van der Waals surface area contributed by atoms with Gasteiger partial charge in [-0.05, 0) is 49.4 Å². The van der Waals surface area contributed by atoms with Gasteiger partial charge in [-0.3, -0.25) is 43.9 Å². The van der Waals surface area contributed by atoms with E-state index in [0.29, 0.717) is 31.0 Å². The van der Waals surface area contributed by atoms with Crippen molar-refractivity contribution in [2.75, 3.05) is 38.3 Å². The predicted octanol–water partition coefficient (Wildman–Crippen LogP) is 4.20. The third kappa shape index (κ3) is 10.4. The number of carbonyl (C=O) groups excluding carboxylic acids is 5. The number of carbonyl (C=O) groups is 5. The Bertz CT molecular complexity index is 2480. The average Bonchev–Trinajstić information content (AvgIpc) is 3.54.